The van der Waals surface area contributed by atoms with Crippen molar-refractivity contribution in [2.24, 2.45) is 0 Å². The first-order valence-corrected chi connectivity index (χ1v) is 13.5. The number of carbonyl (C=O) groups is 4. The molecule has 0 fully saturated rings. The van der Waals surface area contributed by atoms with Gasteiger partial charge in [0.05, 0.1) is 0 Å². The third kappa shape index (κ3) is 65.3. The quantitative estimate of drug-likeness (QED) is 0.130. The molecule has 210 valence electrons. The maximum atomic E-state index is 10.1. The van der Waals surface area contributed by atoms with E-state index in [0.29, 0.717) is 12.8 Å². The van der Waals surface area contributed by atoms with Gasteiger partial charge in [0.2, 0.25) is 0 Å². The standard InChI is InChI=1S/C10H18O4.C9H16O4.2C4H10/c11-9(12)7-5-3-1-2-4-6-8-10(13)14;10-8(11)6-4-2-1-3-5-7-9(12)13;2*1-3-4-2/h1-8H2,(H,11,12)(H,13,14);1-7H2,(H,10,11)(H,12,13);2*3-4H2,1-2H3. The third-order valence-corrected chi connectivity index (χ3v) is 4.81. The van der Waals surface area contributed by atoms with E-state index in [-0.39, 0.29) is 25.7 Å². The number of rotatable bonds is 19. The Bertz CT molecular complexity index is 432. The molecule has 0 aromatic rings. The molecule has 0 radical (unpaired) electrons. The van der Waals surface area contributed by atoms with Gasteiger partial charge in [0.1, 0.15) is 0 Å². The van der Waals surface area contributed by atoms with E-state index in [2.05, 4.69) is 27.7 Å². The van der Waals surface area contributed by atoms with Crippen LogP contribution < -0.4 is 0 Å². The van der Waals surface area contributed by atoms with Crippen LogP contribution in [0.2, 0.25) is 0 Å². The van der Waals surface area contributed by atoms with Crippen LogP contribution in [0.1, 0.15) is 150 Å². The minimum Gasteiger partial charge on any atom is -0.481 e. The molecule has 0 saturated carbocycles. The maximum Gasteiger partial charge on any atom is 0.303 e. The van der Waals surface area contributed by atoms with Crippen LogP contribution in [0.4, 0.5) is 0 Å². The van der Waals surface area contributed by atoms with Crippen molar-refractivity contribution in [2.45, 2.75) is 150 Å². The molecule has 35 heavy (non-hydrogen) atoms. The fourth-order valence-electron chi connectivity index (χ4n) is 2.34. The number of hydrogen-bond acceptors (Lipinski definition) is 4. The first-order chi connectivity index (χ1) is 16.6. The van der Waals surface area contributed by atoms with Crippen molar-refractivity contribution in [1.82, 2.24) is 0 Å². The Morgan fingerprint density at radius 1 is 0.343 bits per heavy atom. The van der Waals surface area contributed by atoms with Gasteiger partial charge in [0.25, 0.3) is 0 Å². The topological polar surface area (TPSA) is 149 Å². The van der Waals surface area contributed by atoms with Crippen molar-refractivity contribution in [3.8, 4) is 0 Å². The SMILES string of the molecule is CCCC.CCCC.O=C(O)CCCCCCCC(=O)O.O=C(O)CCCCCCCCC(=O)O. The summed E-state index contributed by atoms with van der Waals surface area (Å²) in [6.45, 7) is 8.72. The zero-order valence-electron chi connectivity index (χ0n) is 22.9. The maximum absolute atomic E-state index is 10.1. The van der Waals surface area contributed by atoms with E-state index in [0.717, 1.165) is 57.8 Å². The molecule has 0 aliphatic rings. The Morgan fingerprint density at radius 2 is 0.486 bits per heavy atom. The second kappa shape index (κ2) is 36.4. The first-order valence-electron chi connectivity index (χ1n) is 13.5. The summed E-state index contributed by atoms with van der Waals surface area (Å²) in [5.74, 6) is -3.00. The van der Waals surface area contributed by atoms with Crippen molar-refractivity contribution >= 4 is 23.9 Å². The van der Waals surface area contributed by atoms with Gasteiger partial charge in [-0.15, -0.1) is 0 Å². The number of hydrogen-bond donors (Lipinski definition) is 4. The molecule has 0 unspecified atom stereocenters. The van der Waals surface area contributed by atoms with E-state index in [1.54, 1.807) is 0 Å². The van der Waals surface area contributed by atoms with Crippen molar-refractivity contribution in [2.75, 3.05) is 0 Å². The Kier molecular flexibility index (Phi) is 41.7. The van der Waals surface area contributed by atoms with Gasteiger partial charge in [-0.2, -0.15) is 0 Å². The van der Waals surface area contributed by atoms with Gasteiger partial charge in [0.15, 0.2) is 0 Å². The molecule has 0 aliphatic heterocycles. The second-order valence-corrected chi connectivity index (χ2v) is 8.46. The first kappa shape index (κ1) is 40.1. The Labute approximate surface area is 213 Å². The minimum atomic E-state index is -0.759. The molecule has 8 heteroatoms. The lowest BCUT2D eigenvalue weighted by Gasteiger charge is -1.98. The molecular formula is C27H54O8. The van der Waals surface area contributed by atoms with Crippen molar-refractivity contribution in [3.05, 3.63) is 0 Å². The molecule has 0 rings (SSSR count). The molecule has 4 N–H and O–H groups in total. The van der Waals surface area contributed by atoms with E-state index in [4.69, 9.17) is 20.4 Å². The number of carboxylic acid groups (broad SMARTS) is 4. The fraction of sp³-hybridized carbons (Fsp3) is 0.852. The monoisotopic (exact) mass is 506 g/mol. The Morgan fingerprint density at radius 3 is 0.600 bits per heavy atom. The minimum absolute atomic E-state index is 0.221. The molecule has 0 heterocycles. The van der Waals surface area contributed by atoms with Crippen LogP contribution in [0.25, 0.3) is 0 Å². The van der Waals surface area contributed by atoms with Crippen LogP contribution in [-0.2, 0) is 19.2 Å². The molecule has 0 saturated heterocycles. The van der Waals surface area contributed by atoms with Gasteiger partial charge >= 0.3 is 23.9 Å². The molecule has 8 nitrogen and oxygen atoms in total. The molecule has 0 aromatic carbocycles. The predicted octanol–water partition coefficient (Wildman–Crippen LogP) is 7.78. The van der Waals surface area contributed by atoms with Gasteiger partial charge in [-0.25, -0.2) is 0 Å². The molecule has 0 bridgehead atoms. The van der Waals surface area contributed by atoms with Crippen LogP contribution in [-0.4, -0.2) is 44.3 Å². The van der Waals surface area contributed by atoms with Gasteiger partial charge in [0, 0.05) is 25.7 Å². The Balaban J connectivity index is -0.000000210. The predicted molar refractivity (Wildman–Crippen MR) is 141 cm³/mol. The summed E-state index contributed by atoms with van der Waals surface area (Å²) in [6, 6.07) is 0. The molecule has 0 aromatic heterocycles. The van der Waals surface area contributed by atoms with Gasteiger partial charge in [-0.1, -0.05) is 98.3 Å². The van der Waals surface area contributed by atoms with Crippen LogP contribution in [0, 0.1) is 0 Å². The van der Waals surface area contributed by atoms with E-state index in [9.17, 15) is 19.2 Å². The lowest BCUT2D eigenvalue weighted by Crippen LogP contribution is -1.95. The zero-order valence-corrected chi connectivity index (χ0v) is 22.9. The van der Waals surface area contributed by atoms with Crippen molar-refractivity contribution in [1.29, 1.82) is 0 Å². The van der Waals surface area contributed by atoms with Crippen LogP contribution in [0.3, 0.4) is 0 Å². The van der Waals surface area contributed by atoms with Crippen LogP contribution in [0.5, 0.6) is 0 Å². The van der Waals surface area contributed by atoms with E-state index >= 15 is 0 Å². The van der Waals surface area contributed by atoms with E-state index < -0.39 is 23.9 Å². The Hall–Kier alpha value is -2.12. The third-order valence-electron chi connectivity index (χ3n) is 4.81. The smallest absolute Gasteiger partial charge is 0.303 e. The van der Waals surface area contributed by atoms with E-state index in [1.165, 1.54) is 25.7 Å². The molecular weight excluding hydrogens is 452 g/mol. The summed E-state index contributed by atoms with van der Waals surface area (Å²) in [6.07, 6.45) is 15.6. The average Bonchev–Trinajstić information content (AvgIpc) is 2.80. The summed E-state index contributed by atoms with van der Waals surface area (Å²) in [7, 11) is 0. The van der Waals surface area contributed by atoms with Crippen molar-refractivity contribution in [3.63, 3.8) is 0 Å². The highest BCUT2D eigenvalue weighted by Crippen LogP contribution is 2.08. The van der Waals surface area contributed by atoms with Crippen LogP contribution in [0.15, 0.2) is 0 Å². The van der Waals surface area contributed by atoms with Gasteiger partial charge < -0.3 is 20.4 Å². The second-order valence-electron chi connectivity index (χ2n) is 8.46. The fourth-order valence-corrected chi connectivity index (χ4v) is 2.34. The highest BCUT2D eigenvalue weighted by molar-refractivity contribution is 5.67. The lowest BCUT2D eigenvalue weighted by atomic mass is 10.1. The zero-order chi connectivity index (χ0) is 27.7. The highest BCUT2D eigenvalue weighted by atomic mass is 16.4. The molecule has 0 spiro atoms. The van der Waals surface area contributed by atoms with Crippen molar-refractivity contribution < 1.29 is 39.6 Å². The number of aliphatic carboxylic acids is 4. The normalized spacial score (nSPS) is 9.37. The summed E-state index contributed by atoms with van der Waals surface area (Å²) < 4.78 is 0. The largest absolute Gasteiger partial charge is 0.481 e. The van der Waals surface area contributed by atoms with Gasteiger partial charge in [-0.05, 0) is 25.7 Å². The lowest BCUT2D eigenvalue weighted by molar-refractivity contribution is -0.138. The van der Waals surface area contributed by atoms with E-state index in [1.807, 2.05) is 0 Å². The summed E-state index contributed by atoms with van der Waals surface area (Å²) in [4.78, 5) is 40.5. The van der Waals surface area contributed by atoms with Gasteiger partial charge in [-0.3, -0.25) is 19.2 Å². The molecule has 0 aliphatic carbocycles. The summed E-state index contributed by atoms with van der Waals surface area (Å²) >= 11 is 0. The number of carboxylic acids is 4. The average molecular weight is 507 g/mol. The molecule has 0 amide bonds. The highest BCUT2D eigenvalue weighted by Gasteiger charge is 1.99. The molecule has 0 atom stereocenters. The summed E-state index contributed by atoms with van der Waals surface area (Å²) in [5, 5.41) is 33.3. The number of unbranched alkanes of at least 4 members (excludes halogenated alkanes) is 11. The van der Waals surface area contributed by atoms with Crippen LogP contribution >= 0.6 is 0 Å². The summed E-state index contributed by atoms with van der Waals surface area (Å²) in [5.41, 5.74) is 0.